The first-order valence-electron chi connectivity index (χ1n) is 12.1. The molecule has 178 valence electrons. The molecular formula is C26H31N5O3. The van der Waals surface area contributed by atoms with Crippen LogP contribution < -0.4 is 5.32 Å². The van der Waals surface area contributed by atoms with E-state index in [0.717, 1.165) is 43.4 Å². The highest BCUT2D eigenvalue weighted by Crippen LogP contribution is 2.36. The lowest BCUT2D eigenvalue weighted by Gasteiger charge is -2.33. The fourth-order valence-electron chi connectivity index (χ4n) is 4.77. The number of aromatic nitrogens is 2. The van der Waals surface area contributed by atoms with Gasteiger partial charge in [-0.25, -0.2) is 4.98 Å². The zero-order chi connectivity index (χ0) is 24.1. The van der Waals surface area contributed by atoms with E-state index in [9.17, 15) is 14.7 Å². The summed E-state index contributed by atoms with van der Waals surface area (Å²) in [7, 11) is 0. The fourth-order valence-corrected chi connectivity index (χ4v) is 4.77. The van der Waals surface area contributed by atoms with Gasteiger partial charge in [0.1, 0.15) is 17.9 Å². The minimum absolute atomic E-state index is 0.107. The SMILES string of the molecule is CCC(O)C(=O)N1CCC(c2ccc(NC(=O)c3ncc(C#N)[nH]3)c(C3=CCCCC3)c2)CC1. The molecule has 8 nitrogen and oxygen atoms in total. The first kappa shape index (κ1) is 23.7. The number of imidazole rings is 1. The van der Waals surface area contributed by atoms with Gasteiger partial charge in [-0.1, -0.05) is 19.1 Å². The summed E-state index contributed by atoms with van der Waals surface area (Å²) in [6.07, 6.45) is 9.09. The van der Waals surface area contributed by atoms with Gasteiger partial charge < -0.3 is 20.3 Å². The van der Waals surface area contributed by atoms with Crippen LogP contribution in [0, 0.1) is 11.3 Å². The van der Waals surface area contributed by atoms with Crippen LogP contribution in [0.25, 0.3) is 5.57 Å². The van der Waals surface area contributed by atoms with Crippen molar-refractivity contribution in [3.8, 4) is 6.07 Å². The molecule has 1 unspecified atom stereocenters. The summed E-state index contributed by atoms with van der Waals surface area (Å²) in [6, 6.07) is 8.12. The van der Waals surface area contributed by atoms with Gasteiger partial charge >= 0.3 is 0 Å². The molecular weight excluding hydrogens is 430 g/mol. The second-order valence-corrected chi connectivity index (χ2v) is 9.02. The summed E-state index contributed by atoms with van der Waals surface area (Å²) in [4.78, 5) is 33.6. The van der Waals surface area contributed by atoms with Crippen LogP contribution in [0.4, 0.5) is 5.69 Å². The highest BCUT2D eigenvalue weighted by atomic mass is 16.3. The summed E-state index contributed by atoms with van der Waals surface area (Å²) in [5.74, 6) is -0.132. The van der Waals surface area contributed by atoms with Gasteiger partial charge in [0.05, 0.1) is 6.20 Å². The van der Waals surface area contributed by atoms with E-state index >= 15 is 0 Å². The Kier molecular flexibility index (Phi) is 7.43. The number of carbonyl (C=O) groups is 2. The van der Waals surface area contributed by atoms with E-state index in [2.05, 4.69) is 27.4 Å². The van der Waals surface area contributed by atoms with Crippen LogP contribution in [0.2, 0.25) is 0 Å². The van der Waals surface area contributed by atoms with Gasteiger partial charge in [-0.05, 0) is 74.1 Å². The number of aliphatic hydroxyl groups is 1. The van der Waals surface area contributed by atoms with Crippen LogP contribution in [0.1, 0.15) is 85.2 Å². The van der Waals surface area contributed by atoms with Crippen LogP contribution in [0.3, 0.4) is 0 Å². The minimum atomic E-state index is -0.914. The summed E-state index contributed by atoms with van der Waals surface area (Å²) in [6.45, 7) is 3.08. The number of aliphatic hydroxyl groups excluding tert-OH is 1. The van der Waals surface area contributed by atoms with Crippen molar-refractivity contribution in [2.45, 2.75) is 63.9 Å². The van der Waals surface area contributed by atoms with Crippen molar-refractivity contribution < 1.29 is 14.7 Å². The average Bonchev–Trinajstić information content (AvgIpc) is 3.38. The highest BCUT2D eigenvalue weighted by molar-refractivity contribution is 6.03. The molecule has 1 fully saturated rings. The lowest BCUT2D eigenvalue weighted by Crippen LogP contribution is -2.43. The maximum absolute atomic E-state index is 12.8. The second kappa shape index (κ2) is 10.7. The number of nitriles is 1. The molecule has 0 spiro atoms. The van der Waals surface area contributed by atoms with E-state index in [1.807, 2.05) is 25.1 Å². The van der Waals surface area contributed by atoms with Crippen molar-refractivity contribution in [1.29, 1.82) is 5.26 Å². The Morgan fingerprint density at radius 3 is 2.76 bits per heavy atom. The number of carbonyl (C=O) groups excluding carboxylic acids is 2. The van der Waals surface area contributed by atoms with Crippen molar-refractivity contribution in [3.63, 3.8) is 0 Å². The Bertz CT molecular complexity index is 1120. The third kappa shape index (κ3) is 5.20. The zero-order valence-corrected chi connectivity index (χ0v) is 19.5. The summed E-state index contributed by atoms with van der Waals surface area (Å²) in [5.41, 5.74) is 4.44. The van der Waals surface area contributed by atoms with Crippen molar-refractivity contribution >= 4 is 23.1 Å². The fraction of sp³-hybridized carbons (Fsp3) is 0.462. The molecule has 2 aliphatic rings. The molecule has 0 radical (unpaired) electrons. The van der Waals surface area contributed by atoms with E-state index in [-0.39, 0.29) is 23.3 Å². The second-order valence-electron chi connectivity index (χ2n) is 9.02. The highest BCUT2D eigenvalue weighted by Gasteiger charge is 2.27. The van der Waals surface area contributed by atoms with Gasteiger partial charge in [-0.15, -0.1) is 0 Å². The molecule has 2 amide bonds. The summed E-state index contributed by atoms with van der Waals surface area (Å²) >= 11 is 0. The van der Waals surface area contributed by atoms with Crippen LogP contribution in [0.15, 0.2) is 30.5 Å². The van der Waals surface area contributed by atoms with E-state index < -0.39 is 6.10 Å². The molecule has 2 heterocycles. The van der Waals surface area contributed by atoms with Crippen LogP contribution in [0.5, 0.6) is 0 Å². The summed E-state index contributed by atoms with van der Waals surface area (Å²) in [5, 5.41) is 21.8. The molecule has 0 saturated carbocycles. The molecule has 1 aliphatic heterocycles. The van der Waals surface area contributed by atoms with Gasteiger partial charge in [0.15, 0.2) is 5.82 Å². The minimum Gasteiger partial charge on any atom is -0.383 e. The first-order chi connectivity index (χ1) is 16.5. The van der Waals surface area contributed by atoms with Crippen molar-refractivity contribution in [2.75, 3.05) is 18.4 Å². The van der Waals surface area contributed by atoms with E-state index in [1.54, 1.807) is 4.90 Å². The van der Waals surface area contributed by atoms with Crippen molar-refractivity contribution in [1.82, 2.24) is 14.9 Å². The number of H-pyrrole nitrogens is 1. The number of anilines is 1. The van der Waals surface area contributed by atoms with E-state index in [0.29, 0.717) is 25.4 Å². The van der Waals surface area contributed by atoms with Gasteiger partial charge in [0.2, 0.25) is 0 Å². The number of piperidine rings is 1. The number of hydrogen-bond donors (Lipinski definition) is 3. The first-order valence-corrected chi connectivity index (χ1v) is 12.1. The molecule has 1 aromatic heterocycles. The Hall–Kier alpha value is -3.44. The number of allylic oxidation sites excluding steroid dienone is 2. The van der Waals surface area contributed by atoms with E-state index in [1.165, 1.54) is 23.8 Å². The molecule has 1 saturated heterocycles. The zero-order valence-electron chi connectivity index (χ0n) is 19.5. The number of amides is 2. The van der Waals surface area contributed by atoms with Crippen LogP contribution in [-0.4, -0.2) is 51.0 Å². The van der Waals surface area contributed by atoms with Gasteiger partial charge in [-0.3, -0.25) is 9.59 Å². The number of benzene rings is 1. The van der Waals surface area contributed by atoms with Gasteiger partial charge in [-0.2, -0.15) is 5.26 Å². The largest absolute Gasteiger partial charge is 0.383 e. The lowest BCUT2D eigenvalue weighted by molar-refractivity contribution is -0.141. The van der Waals surface area contributed by atoms with Crippen LogP contribution >= 0.6 is 0 Å². The van der Waals surface area contributed by atoms with Crippen molar-refractivity contribution in [2.24, 2.45) is 0 Å². The van der Waals surface area contributed by atoms with Gasteiger partial charge in [0, 0.05) is 24.3 Å². The molecule has 4 rings (SSSR count). The Morgan fingerprint density at radius 2 is 2.12 bits per heavy atom. The molecule has 3 N–H and O–H groups in total. The summed E-state index contributed by atoms with van der Waals surface area (Å²) < 4.78 is 0. The van der Waals surface area contributed by atoms with Crippen molar-refractivity contribution in [3.05, 3.63) is 53.1 Å². The van der Waals surface area contributed by atoms with E-state index in [4.69, 9.17) is 5.26 Å². The normalized spacial score (nSPS) is 17.6. The number of nitrogens with zero attached hydrogens (tertiary/aromatic N) is 3. The molecule has 1 atom stereocenters. The Labute approximate surface area is 199 Å². The quantitative estimate of drug-likeness (QED) is 0.601. The molecule has 1 aliphatic carbocycles. The number of rotatable bonds is 6. The Morgan fingerprint density at radius 1 is 1.32 bits per heavy atom. The molecule has 2 aromatic rings. The third-order valence-corrected chi connectivity index (χ3v) is 6.79. The maximum Gasteiger partial charge on any atom is 0.291 e. The standard InChI is InChI=1S/C26H31N5O3/c1-2-23(32)26(34)31-12-10-17(11-13-31)19-8-9-22(21(14-19)18-6-4-3-5-7-18)30-25(33)24-28-16-20(15-27)29-24/h6,8-9,14,16-17,23,32H,2-5,7,10-13H2,1H3,(H,28,29)(H,30,33). The molecule has 1 aromatic carbocycles. The molecule has 8 heteroatoms. The smallest absolute Gasteiger partial charge is 0.291 e. The topological polar surface area (TPSA) is 122 Å². The lowest BCUT2D eigenvalue weighted by atomic mass is 9.85. The third-order valence-electron chi connectivity index (χ3n) is 6.79. The number of likely N-dealkylation sites (tertiary alicyclic amines) is 1. The monoisotopic (exact) mass is 461 g/mol. The number of hydrogen-bond acceptors (Lipinski definition) is 5. The van der Waals surface area contributed by atoms with Crippen LogP contribution in [-0.2, 0) is 4.79 Å². The molecule has 0 bridgehead atoms. The van der Waals surface area contributed by atoms with Gasteiger partial charge in [0.25, 0.3) is 11.8 Å². The Balaban J connectivity index is 1.54. The maximum atomic E-state index is 12.8. The number of nitrogens with one attached hydrogen (secondary N) is 2. The molecule has 34 heavy (non-hydrogen) atoms. The number of aromatic amines is 1. The predicted octanol–water partition coefficient (Wildman–Crippen LogP) is 3.97. The predicted molar refractivity (Wildman–Crippen MR) is 129 cm³/mol. The average molecular weight is 462 g/mol.